The van der Waals surface area contributed by atoms with Gasteiger partial charge in [0, 0.05) is 11.8 Å². The van der Waals surface area contributed by atoms with E-state index >= 15 is 0 Å². The number of hydrogen-bond acceptors (Lipinski definition) is 4. The molecule has 6 nitrogen and oxygen atoms in total. The van der Waals surface area contributed by atoms with Crippen LogP contribution in [-0.2, 0) is 6.54 Å². The minimum Gasteiger partial charge on any atom is -0.293 e. The number of carbonyl (C=O) groups is 1. The molecular formula is C12H11ClN4O2. The molecule has 0 radical (unpaired) electrons. The first-order valence-corrected chi connectivity index (χ1v) is 5.80. The van der Waals surface area contributed by atoms with Gasteiger partial charge in [0.2, 0.25) is 0 Å². The summed E-state index contributed by atoms with van der Waals surface area (Å²) in [4.78, 5) is 26.8. The third kappa shape index (κ3) is 2.98. The Hall–Kier alpha value is -2.18. The first-order chi connectivity index (χ1) is 9.11. The van der Waals surface area contributed by atoms with E-state index in [0.717, 1.165) is 0 Å². The number of nitrogens with one attached hydrogen (secondary N) is 1. The number of aromatic nitrogens is 2. The van der Waals surface area contributed by atoms with Crippen LogP contribution in [0.3, 0.4) is 0 Å². The minimum atomic E-state index is -0.438. The van der Waals surface area contributed by atoms with Crippen molar-refractivity contribution in [3.8, 4) is 0 Å². The summed E-state index contributed by atoms with van der Waals surface area (Å²) < 4.78 is 1.32. The summed E-state index contributed by atoms with van der Waals surface area (Å²) in [5.74, 6) is 4.70. The standard InChI is InChI=1S/C12H11ClN4O2/c13-9-5-15-12(19)17(7-9)6-8-3-1-2-4-10(8)11(18)16-14/h1-5,7H,6,14H2,(H,16,18). The molecule has 1 heterocycles. The van der Waals surface area contributed by atoms with E-state index in [1.54, 1.807) is 24.3 Å². The van der Waals surface area contributed by atoms with E-state index in [0.29, 0.717) is 16.1 Å². The summed E-state index contributed by atoms with van der Waals surface area (Å²) in [6.45, 7) is 0.190. The minimum absolute atomic E-state index is 0.190. The van der Waals surface area contributed by atoms with Gasteiger partial charge in [0.1, 0.15) is 0 Å². The quantitative estimate of drug-likeness (QED) is 0.487. The lowest BCUT2D eigenvalue weighted by Crippen LogP contribution is -2.31. The van der Waals surface area contributed by atoms with E-state index in [4.69, 9.17) is 17.4 Å². The molecule has 2 aromatic rings. The van der Waals surface area contributed by atoms with Gasteiger partial charge in [-0.05, 0) is 11.6 Å². The Morgan fingerprint density at radius 1 is 1.42 bits per heavy atom. The molecule has 2 rings (SSSR count). The summed E-state index contributed by atoms with van der Waals surface area (Å²) in [7, 11) is 0. The molecule has 3 N–H and O–H groups in total. The van der Waals surface area contributed by atoms with Crippen LogP contribution in [0.25, 0.3) is 0 Å². The summed E-state index contributed by atoms with van der Waals surface area (Å²) in [6.07, 6.45) is 2.74. The molecule has 1 amide bonds. The third-order valence-electron chi connectivity index (χ3n) is 2.56. The highest BCUT2D eigenvalue weighted by Gasteiger charge is 2.10. The van der Waals surface area contributed by atoms with Crippen LogP contribution in [0, 0.1) is 0 Å². The summed E-state index contributed by atoms with van der Waals surface area (Å²) in [6, 6.07) is 6.84. The third-order valence-corrected chi connectivity index (χ3v) is 2.75. The van der Waals surface area contributed by atoms with Gasteiger partial charge < -0.3 is 0 Å². The van der Waals surface area contributed by atoms with Crippen molar-refractivity contribution < 1.29 is 4.79 Å². The molecule has 98 valence electrons. The first-order valence-electron chi connectivity index (χ1n) is 5.42. The van der Waals surface area contributed by atoms with E-state index in [2.05, 4.69) is 10.4 Å². The predicted molar refractivity (Wildman–Crippen MR) is 70.7 cm³/mol. The maximum atomic E-state index is 11.6. The fourth-order valence-corrected chi connectivity index (χ4v) is 1.85. The number of nitrogens with zero attached hydrogens (tertiary/aromatic N) is 2. The number of nitrogen functional groups attached to an aromatic ring is 1. The highest BCUT2D eigenvalue weighted by Crippen LogP contribution is 2.11. The van der Waals surface area contributed by atoms with Crippen molar-refractivity contribution in [2.45, 2.75) is 6.54 Å². The fourth-order valence-electron chi connectivity index (χ4n) is 1.68. The van der Waals surface area contributed by atoms with E-state index in [1.807, 2.05) is 0 Å². The van der Waals surface area contributed by atoms with Crippen LogP contribution in [0.15, 0.2) is 41.5 Å². The van der Waals surface area contributed by atoms with Crippen LogP contribution in [0.5, 0.6) is 0 Å². The number of hydrogen-bond donors (Lipinski definition) is 2. The number of amides is 1. The molecule has 7 heteroatoms. The SMILES string of the molecule is NNC(=O)c1ccccc1Cn1cc(Cl)cnc1=O. The molecule has 0 unspecified atom stereocenters. The normalized spacial score (nSPS) is 10.2. The van der Waals surface area contributed by atoms with Gasteiger partial charge in [0.25, 0.3) is 5.91 Å². The largest absolute Gasteiger partial charge is 0.347 e. The second-order valence-corrected chi connectivity index (χ2v) is 4.25. The highest BCUT2D eigenvalue weighted by atomic mass is 35.5. The number of nitrogens with two attached hydrogens (primary N) is 1. The fraction of sp³-hybridized carbons (Fsp3) is 0.0833. The van der Waals surface area contributed by atoms with Gasteiger partial charge in [-0.1, -0.05) is 29.8 Å². The lowest BCUT2D eigenvalue weighted by Gasteiger charge is -2.09. The van der Waals surface area contributed by atoms with Crippen molar-refractivity contribution in [2.24, 2.45) is 5.84 Å². The molecule has 19 heavy (non-hydrogen) atoms. The van der Waals surface area contributed by atoms with Crippen LogP contribution in [0.2, 0.25) is 5.02 Å². The van der Waals surface area contributed by atoms with Crippen LogP contribution >= 0.6 is 11.6 Å². The molecule has 0 aliphatic heterocycles. The second kappa shape index (κ2) is 5.64. The highest BCUT2D eigenvalue weighted by molar-refractivity contribution is 6.30. The molecule has 1 aromatic carbocycles. The molecule has 0 aliphatic carbocycles. The van der Waals surface area contributed by atoms with Crippen molar-refractivity contribution >= 4 is 17.5 Å². The van der Waals surface area contributed by atoms with Crippen molar-refractivity contribution in [2.75, 3.05) is 0 Å². The first kappa shape index (κ1) is 13.3. The van der Waals surface area contributed by atoms with E-state index in [1.165, 1.54) is 17.0 Å². The lowest BCUT2D eigenvalue weighted by molar-refractivity contribution is 0.0952. The van der Waals surface area contributed by atoms with Crippen LogP contribution in [-0.4, -0.2) is 15.5 Å². The van der Waals surface area contributed by atoms with Gasteiger partial charge in [-0.2, -0.15) is 0 Å². The number of halogens is 1. The Bertz CT molecular complexity index is 669. The monoisotopic (exact) mass is 278 g/mol. The van der Waals surface area contributed by atoms with E-state index in [-0.39, 0.29) is 6.54 Å². The molecule has 0 aliphatic rings. The zero-order valence-corrected chi connectivity index (χ0v) is 10.6. The van der Waals surface area contributed by atoms with Crippen LogP contribution in [0.1, 0.15) is 15.9 Å². The van der Waals surface area contributed by atoms with Gasteiger partial charge in [0.05, 0.1) is 17.8 Å². The lowest BCUT2D eigenvalue weighted by atomic mass is 10.1. The van der Waals surface area contributed by atoms with Gasteiger partial charge in [-0.25, -0.2) is 15.6 Å². The Balaban J connectivity index is 2.41. The summed E-state index contributed by atoms with van der Waals surface area (Å²) in [5, 5.41) is 0.348. The average molecular weight is 279 g/mol. The number of benzene rings is 1. The molecular weight excluding hydrogens is 268 g/mol. The van der Waals surface area contributed by atoms with Crippen molar-refractivity contribution in [3.05, 3.63) is 63.3 Å². The van der Waals surface area contributed by atoms with Crippen molar-refractivity contribution in [3.63, 3.8) is 0 Å². The van der Waals surface area contributed by atoms with Gasteiger partial charge >= 0.3 is 5.69 Å². The van der Waals surface area contributed by atoms with Crippen molar-refractivity contribution in [1.82, 2.24) is 15.0 Å². The Kier molecular flexibility index (Phi) is 3.94. The van der Waals surface area contributed by atoms with Crippen LogP contribution in [0.4, 0.5) is 0 Å². The van der Waals surface area contributed by atoms with Crippen molar-refractivity contribution in [1.29, 1.82) is 0 Å². The van der Waals surface area contributed by atoms with Gasteiger partial charge in [-0.3, -0.25) is 14.8 Å². The smallest absolute Gasteiger partial charge is 0.293 e. The molecule has 0 fully saturated rings. The maximum Gasteiger partial charge on any atom is 0.347 e. The number of rotatable bonds is 3. The second-order valence-electron chi connectivity index (χ2n) is 3.81. The zero-order chi connectivity index (χ0) is 13.8. The Labute approximate surface area is 113 Å². The predicted octanol–water partition coefficient (Wildman–Crippen LogP) is 0.548. The molecule has 0 saturated carbocycles. The number of carbonyl (C=O) groups excluding carboxylic acids is 1. The molecule has 0 atom stereocenters. The number of hydrazine groups is 1. The zero-order valence-electron chi connectivity index (χ0n) is 9.84. The molecule has 1 aromatic heterocycles. The Morgan fingerprint density at radius 3 is 2.89 bits per heavy atom. The average Bonchev–Trinajstić information content (AvgIpc) is 2.42. The van der Waals surface area contributed by atoms with Gasteiger partial charge in [0.15, 0.2) is 0 Å². The van der Waals surface area contributed by atoms with E-state index < -0.39 is 11.6 Å². The maximum absolute atomic E-state index is 11.6. The molecule has 0 bridgehead atoms. The molecule has 0 spiro atoms. The van der Waals surface area contributed by atoms with E-state index in [9.17, 15) is 9.59 Å². The van der Waals surface area contributed by atoms with Crippen LogP contribution < -0.4 is 17.0 Å². The Morgan fingerprint density at radius 2 is 2.16 bits per heavy atom. The molecule has 0 saturated heterocycles. The summed E-state index contributed by atoms with van der Waals surface area (Å²) >= 11 is 5.79. The van der Waals surface area contributed by atoms with Gasteiger partial charge in [-0.15, -0.1) is 0 Å². The summed E-state index contributed by atoms with van der Waals surface area (Å²) in [5.41, 5.74) is 2.68. The topological polar surface area (TPSA) is 90.0 Å².